The molecule has 1 aromatic rings. The minimum absolute atomic E-state index is 0.240. The number of methoxy groups -OCH3 is 2. The van der Waals surface area contributed by atoms with E-state index >= 15 is 0 Å². The highest BCUT2D eigenvalue weighted by atomic mass is 16.5. The number of rotatable bonds is 6. The van der Waals surface area contributed by atoms with Crippen molar-refractivity contribution in [2.24, 2.45) is 0 Å². The molecule has 0 aromatic heterocycles. The van der Waals surface area contributed by atoms with E-state index in [1.807, 2.05) is 38.1 Å². The van der Waals surface area contributed by atoms with Gasteiger partial charge in [-0.1, -0.05) is 36.8 Å². The lowest BCUT2D eigenvalue weighted by molar-refractivity contribution is -0.144. The Balaban J connectivity index is 2.96. The molecule has 4 nitrogen and oxygen atoms in total. The summed E-state index contributed by atoms with van der Waals surface area (Å²) in [4.78, 5) is 23.0. The van der Waals surface area contributed by atoms with E-state index in [0.29, 0.717) is 6.42 Å². The lowest BCUT2D eigenvalue weighted by Crippen LogP contribution is -2.27. The van der Waals surface area contributed by atoms with Gasteiger partial charge < -0.3 is 9.47 Å². The predicted octanol–water partition coefficient (Wildman–Crippen LogP) is 2.77. The van der Waals surface area contributed by atoms with Gasteiger partial charge in [-0.25, -0.2) is 0 Å². The van der Waals surface area contributed by atoms with Crippen LogP contribution < -0.4 is 0 Å². The number of aryl methyl sites for hydroxylation is 1. The summed E-state index contributed by atoms with van der Waals surface area (Å²) in [6, 6.07) is 8.00. The fraction of sp³-hybridized carbons (Fsp3) is 0.500. The van der Waals surface area contributed by atoms with E-state index in [2.05, 4.69) is 4.74 Å². The molecule has 0 aliphatic carbocycles. The van der Waals surface area contributed by atoms with Crippen molar-refractivity contribution in [3.05, 3.63) is 35.4 Å². The number of hydrogen-bond donors (Lipinski definition) is 0. The van der Waals surface area contributed by atoms with Gasteiger partial charge in [0.1, 0.15) is 0 Å². The van der Waals surface area contributed by atoms with Crippen molar-refractivity contribution in [2.75, 3.05) is 14.2 Å². The highest BCUT2D eigenvalue weighted by molar-refractivity contribution is 5.72. The maximum atomic E-state index is 11.6. The lowest BCUT2D eigenvalue weighted by atomic mass is 9.75. The topological polar surface area (TPSA) is 52.6 Å². The summed E-state index contributed by atoms with van der Waals surface area (Å²) in [5.74, 6) is -0.550. The van der Waals surface area contributed by atoms with Gasteiger partial charge in [0.05, 0.1) is 20.6 Å². The average molecular weight is 278 g/mol. The van der Waals surface area contributed by atoms with E-state index < -0.39 is 5.41 Å². The first-order valence-electron chi connectivity index (χ1n) is 6.62. The summed E-state index contributed by atoms with van der Waals surface area (Å²) >= 11 is 0. The zero-order valence-corrected chi connectivity index (χ0v) is 12.6. The Morgan fingerprint density at radius 2 is 1.60 bits per heavy atom. The smallest absolute Gasteiger partial charge is 0.306 e. The van der Waals surface area contributed by atoms with Crippen LogP contribution in [0.4, 0.5) is 0 Å². The van der Waals surface area contributed by atoms with Crippen LogP contribution in [0, 0.1) is 6.92 Å². The first-order valence-corrected chi connectivity index (χ1v) is 6.62. The molecule has 110 valence electrons. The van der Waals surface area contributed by atoms with Crippen LogP contribution in [0.1, 0.15) is 37.3 Å². The summed E-state index contributed by atoms with van der Waals surface area (Å²) in [5.41, 5.74) is 1.74. The third kappa shape index (κ3) is 4.37. The fourth-order valence-electron chi connectivity index (χ4n) is 2.16. The van der Waals surface area contributed by atoms with Crippen LogP contribution in [0.3, 0.4) is 0 Å². The summed E-state index contributed by atoms with van der Waals surface area (Å²) < 4.78 is 9.45. The van der Waals surface area contributed by atoms with Crippen molar-refractivity contribution < 1.29 is 19.1 Å². The van der Waals surface area contributed by atoms with Crippen LogP contribution in [0.2, 0.25) is 0 Å². The lowest BCUT2D eigenvalue weighted by Gasteiger charge is -2.29. The largest absolute Gasteiger partial charge is 0.469 e. The van der Waals surface area contributed by atoms with Crippen LogP contribution in [-0.4, -0.2) is 26.2 Å². The maximum Gasteiger partial charge on any atom is 0.306 e. The molecule has 0 amide bonds. The Bertz CT molecular complexity index is 464. The van der Waals surface area contributed by atoms with E-state index in [-0.39, 0.29) is 24.8 Å². The molecule has 1 atom stereocenters. The van der Waals surface area contributed by atoms with Gasteiger partial charge in [0.2, 0.25) is 0 Å². The third-order valence-electron chi connectivity index (χ3n) is 3.62. The van der Waals surface area contributed by atoms with E-state index in [4.69, 9.17) is 4.74 Å². The number of esters is 2. The first kappa shape index (κ1) is 16.2. The number of hydrogen-bond acceptors (Lipinski definition) is 4. The van der Waals surface area contributed by atoms with Crippen LogP contribution >= 0.6 is 0 Å². The second-order valence-corrected chi connectivity index (χ2v) is 5.26. The molecule has 1 rings (SSSR count). The van der Waals surface area contributed by atoms with Gasteiger partial charge in [-0.2, -0.15) is 0 Å². The van der Waals surface area contributed by atoms with Gasteiger partial charge in [-0.15, -0.1) is 0 Å². The average Bonchev–Trinajstić information content (AvgIpc) is 2.45. The van der Waals surface area contributed by atoms with Gasteiger partial charge >= 0.3 is 11.9 Å². The van der Waals surface area contributed by atoms with Crippen molar-refractivity contribution >= 4 is 11.9 Å². The number of carbonyl (C=O) groups excluding carboxylic acids is 2. The van der Waals surface area contributed by atoms with Gasteiger partial charge in [-0.05, 0) is 18.9 Å². The van der Waals surface area contributed by atoms with Crippen molar-refractivity contribution in [1.82, 2.24) is 0 Å². The zero-order valence-electron chi connectivity index (χ0n) is 12.6. The summed E-state index contributed by atoms with van der Waals surface area (Å²) in [6.07, 6.45) is 1.05. The molecule has 0 N–H and O–H groups in total. The number of carbonyl (C=O) groups is 2. The van der Waals surface area contributed by atoms with Crippen LogP contribution in [0.15, 0.2) is 24.3 Å². The minimum atomic E-state index is -0.436. The minimum Gasteiger partial charge on any atom is -0.469 e. The SMILES string of the molecule is COC(=O)CCC(C)(CC(=O)OC)c1ccc(C)cc1. The van der Waals surface area contributed by atoms with Crippen molar-refractivity contribution in [1.29, 1.82) is 0 Å². The molecular weight excluding hydrogens is 256 g/mol. The molecule has 0 heterocycles. The molecule has 0 aliphatic heterocycles. The molecule has 4 heteroatoms. The van der Waals surface area contributed by atoms with E-state index in [9.17, 15) is 9.59 Å². The second kappa shape index (κ2) is 7.08. The second-order valence-electron chi connectivity index (χ2n) is 5.26. The first-order chi connectivity index (χ1) is 9.41. The molecule has 1 unspecified atom stereocenters. The highest BCUT2D eigenvalue weighted by Gasteiger charge is 2.30. The van der Waals surface area contributed by atoms with Crippen molar-refractivity contribution in [3.63, 3.8) is 0 Å². The molecule has 0 saturated heterocycles. The Hall–Kier alpha value is -1.84. The summed E-state index contributed by atoms with van der Waals surface area (Å²) in [5, 5.41) is 0. The van der Waals surface area contributed by atoms with Gasteiger partial charge in [0, 0.05) is 11.8 Å². The maximum absolute atomic E-state index is 11.6. The Morgan fingerprint density at radius 1 is 1.05 bits per heavy atom. The van der Waals surface area contributed by atoms with Crippen LogP contribution in [0.25, 0.3) is 0 Å². The standard InChI is InChI=1S/C16H22O4/c1-12-5-7-13(8-6-12)16(2,11-15(18)20-4)10-9-14(17)19-3/h5-8H,9-11H2,1-4H3. The molecule has 0 aliphatic rings. The normalized spacial score (nSPS) is 13.4. The quantitative estimate of drug-likeness (QED) is 0.751. The summed E-state index contributed by atoms with van der Waals surface area (Å²) in [7, 11) is 2.74. The van der Waals surface area contributed by atoms with Crippen LogP contribution in [0.5, 0.6) is 0 Å². The third-order valence-corrected chi connectivity index (χ3v) is 3.62. The Kier molecular flexibility index (Phi) is 5.74. The van der Waals surface area contributed by atoms with E-state index in [0.717, 1.165) is 11.1 Å². The van der Waals surface area contributed by atoms with Crippen molar-refractivity contribution in [2.45, 2.75) is 38.5 Å². The van der Waals surface area contributed by atoms with Gasteiger partial charge in [-0.3, -0.25) is 9.59 Å². The molecule has 0 radical (unpaired) electrons. The molecule has 0 saturated carbocycles. The molecule has 0 fully saturated rings. The monoisotopic (exact) mass is 278 g/mol. The molecule has 0 bridgehead atoms. The summed E-state index contributed by atoms with van der Waals surface area (Å²) in [6.45, 7) is 3.98. The highest BCUT2D eigenvalue weighted by Crippen LogP contribution is 2.33. The predicted molar refractivity (Wildman–Crippen MR) is 76.4 cm³/mol. The van der Waals surface area contributed by atoms with E-state index in [1.165, 1.54) is 14.2 Å². The molecule has 1 aromatic carbocycles. The number of ether oxygens (including phenoxy) is 2. The molecular formula is C16H22O4. The van der Waals surface area contributed by atoms with E-state index in [1.54, 1.807) is 0 Å². The van der Waals surface area contributed by atoms with Crippen molar-refractivity contribution in [3.8, 4) is 0 Å². The number of benzene rings is 1. The van der Waals surface area contributed by atoms with Crippen LogP contribution in [-0.2, 0) is 24.5 Å². The molecule has 20 heavy (non-hydrogen) atoms. The Labute approximate surface area is 120 Å². The van der Waals surface area contributed by atoms with Gasteiger partial charge in [0.15, 0.2) is 0 Å². The fourth-order valence-corrected chi connectivity index (χ4v) is 2.16. The van der Waals surface area contributed by atoms with Gasteiger partial charge in [0.25, 0.3) is 0 Å². The zero-order chi connectivity index (χ0) is 15.2. The molecule has 0 spiro atoms. The Morgan fingerprint density at radius 3 is 2.10 bits per heavy atom.